The van der Waals surface area contributed by atoms with Crippen LogP contribution in [0, 0.1) is 0 Å². The van der Waals surface area contributed by atoms with Crippen LogP contribution in [0.25, 0.3) is 6.08 Å². The van der Waals surface area contributed by atoms with Gasteiger partial charge >= 0.3 is 0 Å². The number of hydrazine groups is 1. The van der Waals surface area contributed by atoms with Crippen molar-refractivity contribution in [1.29, 1.82) is 0 Å². The van der Waals surface area contributed by atoms with Crippen LogP contribution in [0.2, 0.25) is 10.0 Å². The molecule has 1 aliphatic heterocycles. The number of hydrogen-bond donors (Lipinski definition) is 2. The minimum absolute atomic E-state index is 0.121. The molecule has 164 valence electrons. The second-order valence-corrected chi connectivity index (χ2v) is 9.27. The zero-order valence-electron chi connectivity index (χ0n) is 16.2. The zero-order valence-corrected chi connectivity index (χ0v) is 18.5. The van der Waals surface area contributed by atoms with E-state index in [-0.39, 0.29) is 15.5 Å². The Balaban J connectivity index is 1.57. The first kappa shape index (κ1) is 23.2. The lowest BCUT2D eigenvalue weighted by atomic mass is 10.2. The number of hydrogen-bond acceptors (Lipinski definition) is 5. The predicted octanol–water partition coefficient (Wildman–Crippen LogP) is 2.49. The van der Waals surface area contributed by atoms with Crippen LogP contribution < -0.4 is 10.9 Å². The van der Waals surface area contributed by atoms with Gasteiger partial charge < -0.3 is 4.74 Å². The molecule has 3 rings (SSSR count). The van der Waals surface area contributed by atoms with E-state index in [0.29, 0.717) is 36.9 Å². The molecule has 1 saturated heterocycles. The van der Waals surface area contributed by atoms with Crippen molar-refractivity contribution in [3.63, 3.8) is 0 Å². The van der Waals surface area contributed by atoms with Gasteiger partial charge in [-0.1, -0.05) is 35.3 Å². The quantitative estimate of drug-likeness (QED) is 0.501. The first-order valence-electron chi connectivity index (χ1n) is 9.19. The van der Waals surface area contributed by atoms with Crippen molar-refractivity contribution in [3.05, 3.63) is 69.7 Å². The molecule has 1 aliphatic rings. The van der Waals surface area contributed by atoms with Gasteiger partial charge in [-0.3, -0.25) is 20.4 Å². The van der Waals surface area contributed by atoms with Crippen LogP contribution >= 0.6 is 23.2 Å². The Kier molecular flexibility index (Phi) is 7.69. The summed E-state index contributed by atoms with van der Waals surface area (Å²) >= 11 is 11.8. The number of carbonyl (C=O) groups is 2. The minimum Gasteiger partial charge on any atom is -0.379 e. The van der Waals surface area contributed by atoms with E-state index in [4.69, 9.17) is 27.9 Å². The molecule has 1 heterocycles. The summed E-state index contributed by atoms with van der Waals surface area (Å²) in [5, 5.41) is 0.527. The molecule has 0 bridgehead atoms. The standard InChI is InChI=1S/C20H19Cl2N3O5S/c21-15-4-7-18(22)17(13-15)20(27)24-23-19(26)8-3-14-1-5-16(6-2-14)31(28,29)25-9-11-30-12-10-25/h1-8,13H,9-12H2,(H,23,26)(H,24,27)/b8-3+. The lowest BCUT2D eigenvalue weighted by Gasteiger charge is -2.26. The summed E-state index contributed by atoms with van der Waals surface area (Å²) in [5.74, 6) is -1.21. The number of morpholine rings is 1. The maximum atomic E-state index is 12.6. The van der Waals surface area contributed by atoms with E-state index in [2.05, 4.69) is 10.9 Å². The van der Waals surface area contributed by atoms with Crippen LogP contribution in [0.5, 0.6) is 0 Å². The number of benzene rings is 2. The fourth-order valence-electron chi connectivity index (χ4n) is 2.76. The first-order valence-corrected chi connectivity index (χ1v) is 11.4. The van der Waals surface area contributed by atoms with Crippen molar-refractivity contribution in [2.75, 3.05) is 26.3 Å². The Morgan fingerprint density at radius 3 is 2.35 bits per heavy atom. The molecule has 0 aromatic heterocycles. The van der Waals surface area contributed by atoms with E-state index in [1.165, 1.54) is 40.7 Å². The number of rotatable bonds is 5. The zero-order chi connectivity index (χ0) is 22.4. The maximum Gasteiger partial charge on any atom is 0.271 e. The number of nitrogens with one attached hydrogen (secondary N) is 2. The number of sulfonamides is 1. The van der Waals surface area contributed by atoms with Gasteiger partial charge in [-0.15, -0.1) is 0 Å². The van der Waals surface area contributed by atoms with E-state index in [1.807, 2.05) is 0 Å². The second kappa shape index (κ2) is 10.3. The van der Waals surface area contributed by atoms with E-state index in [0.717, 1.165) is 0 Å². The van der Waals surface area contributed by atoms with Gasteiger partial charge in [0.1, 0.15) is 0 Å². The molecule has 31 heavy (non-hydrogen) atoms. The van der Waals surface area contributed by atoms with Gasteiger partial charge in [0.2, 0.25) is 10.0 Å². The normalized spacial score (nSPS) is 15.0. The molecular weight excluding hydrogens is 465 g/mol. The maximum absolute atomic E-state index is 12.6. The molecule has 0 atom stereocenters. The van der Waals surface area contributed by atoms with E-state index in [1.54, 1.807) is 18.2 Å². The van der Waals surface area contributed by atoms with E-state index < -0.39 is 21.8 Å². The number of ether oxygens (including phenoxy) is 1. The molecule has 0 spiro atoms. The Morgan fingerprint density at radius 1 is 1.00 bits per heavy atom. The highest BCUT2D eigenvalue weighted by atomic mass is 35.5. The van der Waals surface area contributed by atoms with Crippen molar-refractivity contribution in [2.24, 2.45) is 0 Å². The minimum atomic E-state index is -3.58. The third-order valence-electron chi connectivity index (χ3n) is 4.39. The fourth-order valence-corrected chi connectivity index (χ4v) is 4.54. The number of amides is 2. The predicted molar refractivity (Wildman–Crippen MR) is 117 cm³/mol. The molecule has 2 aromatic rings. The first-order chi connectivity index (χ1) is 14.8. The van der Waals surface area contributed by atoms with Crippen molar-refractivity contribution in [3.8, 4) is 0 Å². The lowest BCUT2D eigenvalue weighted by Crippen LogP contribution is -2.40. The highest BCUT2D eigenvalue weighted by Crippen LogP contribution is 2.20. The molecule has 2 N–H and O–H groups in total. The van der Waals surface area contributed by atoms with Crippen LogP contribution in [-0.4, -0.2) is 50.8 Å². The van der Waals surface area contributed by atoms with E-state index in [9.17, 15) is 18.0 Å². The summed E-state index contributed by atoms with van der Waals surface area (Å²) < 4.78 is 31.8. The average molecular weight is 484 g/mol. The van der Waals surface area contributed by atoms with Crippen LogP contribution in [-0.2, 0) is 19.6 Å². The molecule has 11 heteroatoms. The van der Waals surface area contributed by atoms with Gasteiger partial charge in [0.15, 0.2) is 0 Å². The molecule has 0 saturated carbocycles. The largest absolute Gasteiger partial charge is 0.379 e. The Morgan fingerprint density at radius 2 is 1.68 bits per heavy atom. The molecule has 2 amide bonds. The highest BCUT2D eigenvalue weighted by Gasteiger charge is 2.25. The molecule has 8 nitrogen and oxygen atoms in total. The van der Waals surface area contributed by atoms with Crippen LogP contribution in [0.4, 0.5) is 0 Å². The Hall–Kier alpha value is -2.43. The monoisotopic (exact) mass is 483 g/mol. The number of nitrogens with zero attached hydrogens (tertiary/aromatic N) is 1. The van der Waals surface area contributed by atoms with Crippen molar-refractivity contribution < 1.29 is 22.7 Å². The summed E-state index contributed by atoms with van der Waals surface area (Å²) in [6.45, 7) is 1.37. The molecule has 1 fully saturated rings. The molecule has 0 aliphatic carbocycles. The van der Waals surface area contributed by atoms with Crippen LogP contribution in [0.3, 0.4) is 0 Å². The van der Waals surface area contributed by atoms with Gasteiger partial charge in [-0.25, -0.2) is 8.42 Å². The topological polar surface area (TPSA) is 105 Å². The van der Waals surface area contributed by atoms with Crippen LogP contribution in [0.15, 0.2) is 53.4 Å². The van der Waals surface area contributed by atoms with Crippen molar-refractivity contribution in [2.45, 2.75) is 4.90 Å². The summed E-state index contributed by atoms with van der Waals surface area (Å²) in [7, 11) is -3.58. The summed E-state index contributed by atoms with van der Waals surface area (Å²) in [4.78, 5) is 24.2. The van der Waals surface area contributed by atoms with Crippen molar-refractivity contribution >= 4 is 51.1 Å². The van der Waals surface area contributed by atoms with E-state index >= 15 is 0 Å². The molecule has 0 radical (unpaired) electrons. The number of halogens is 2. The lowest BCUT2D eigenvalue weighted by molar-refractivity contribution is -0.117. The Labute approximate surface area is 189 Å². The number of carbonyl (C=O) groups excluding carboxylic acids is 2. The fraction of sp³-hybridized carbons (Fsp3) is 0.200. The molecular formula is C20H19Cl2N3O5S. The summed E-state index contributed by atoms with van der Waals surface area (Å²) in [6.07, 6.45) is 2.68. The average Bonchev–Trinajstić information content (AvgIpc) is 2.78. The third-order valence-corrected chi connectivity index (χ3v) is 6.86. The van der Waals surface area contributed by atoms with Gasteiger partial charge in [0.05, 0.1) is 28.7 Å². The van der Waals surface area contributed by atoms with Gasteiger partial charge in [-0.05, 0) is 42.0 Å². The van der Waals surface area contributed by atoms with Gasteiger partial charge in [0, 0.05) is 24.2 Å². The third kappa shape index (κ3) is 6.05. The second-order valence-electron chi connectivity index (χ2n) is 6.49. The van der Waals surface area contributed by atoms with Crippen LogP contribution in [0.1, 0.15) is 15.9 Å². The Bertz CT molecular complexity index is 1100. The summed E-state index contributed by atoms with van der Waals surface area (Å²) in [6, 6.07) is 10.5. The smallest absolute Gasteiger partial charge is 0.271 e. The van der Waals surface area contributed by atoms with Gasteiger partial charge in [-0.2, -0.15) is 4.31 Å². The summed E-state index contributed by atoms with van der Waals surface area (Å²) in [5.41, 5.74) is 5.21. The highest BCUT2D eigenvalue weighted by molar-refractivity contribution is 7.89. The van der Waals surface area contributed by atoms with Crippen molar-refractivity contribution in [1.82, 2.24) is 15.2 Å². The molecule has 2 aromatic carbocycles. The molecule has 0 unspecified atom stereocenters. The SMILES string of the molecule is O=C(/C=C/c1ccc(S(=O)(=O)N2CCOCC2)cc1)NNC(=O)c1cc(Cl)ccc1Cl. The van der Waals surface area contributed by atoms with Gasteiger partial charge in [0.25, 0.3) is 11.8 Å².